The van der Waals surface area contributed by atoms with Crippen LogP contribution in [0.15, 0.2) is 103 Å². The third kappa shape index (κ3) is 8.07. The van der Waals surface area contributed by atoms with Gasteiger partial charge in [0.1, 0.15) is 5.70 Å². The van der Waals surface area contributed by atoms with Gasteiger partial charge < -0.3 is 21.7 Å². The number of benzene rings is 3. The number of nitrogens with one attached hydrogen (secondary N) is 3. The molecule has 0 aliphatic heterocycles. The summed E-state index contributed by atoms with van der Waals surface area (Å²) in [7, 11) is 0. The van der Waals surface area contributed by atoms with E-state index < -0.39 is 17.7 Å². The van der Waals surface area contributed by atoms with Crippen molar-refractivity contribution < 1.29 is 18.0 Å². The molecule has 210 valence electrons. The van der Waals surface area contributed by atoms with E-state index in [2.05, 4.69) is 34.7 Å². The Hall–Kier alpha value is -3.88. The molecule has 0 heterocycles. The summed E-state index contributed by atoms with van der Waals surface area (Å²) in [5, 5.41) is 9.38. The van der Waals surface area contributed by atoms with E-state index in [4.69, 9.17) is 5.73 Å². The number of carbonyl (C=O) groups excluding carboxylic acids is 1. The van der Waals surface area contributed by atoms with Crippen LogP contribution in [0.5, 0.6) is 0 Å². The van der Waals surface area contributed by atoms with E-state index in [1.165, 1.54) is 19.3 Å². The average Bonchev–Trinajstić information content (AvgIpc) is 2.96. The van der Waals surface area contributed by atoms with Crippen LogP contribution < -0.4 is 21.7 Å². The van der Waals surface area contributed by atoms with Crippen molar-refractivity contribution in [3.63, 3.8) is 0 Å². The monoisotopic (exact) mass is 548 g/mol. The first-order valence-corrected chi connectivity index (χ1v) is 13.5. The largest absolute Gasteiger partial charge is 0.415 e. The average molecular weight is 549 g/mol. The molecule has 1 amide bonds. The van der Waals surface area contributed by atoms with Crippen LogP contribution in [0.25, 0.3) is 0 Å². The van der Waals surface area contributed by atoms with E-state index in [-0.39, 0.29) is 18.3 Å². The van der Waals surface area contributed by atoms with E-state index in [1.807, 2.05) is 36.4 Å². The standard InChI is InChI=1S/C32H35F3N4O/c1-22(32(33,34)35)18-29(37-27-16-8-10-23(19-27)21-36)31(40)39-28-17-9-13-25(20-28)30(24-11-4-2-5-12-24)38-26-14-6-3-7-15-26/h2,4-5,8-13,16-20,26,30,37-38H,1,3,6-7,14-15,21,36H2,(H,39,40)/b29-18-. The molecule has 1 fully saturated rings. The highest BCUT2D eigenvalue weighted by Crippen LogP contribution is 2.29. The Bertz CT molecular complexity index is 1330. The van der Waals surface area contributed by atoms with Crippen LogP contribution in [0.2, 0.25) is 0 Å². The Balaban J connectivity index is 1.60. The summed E-state index contributed by atoms with van der Waals surface area (Å²) < 4.78 is 40.0. The lowest BCUT2D eigenvalue weighted by atomic mass is 9.92. The number of carbonyl (C=O) groups is 1. The molecule has 5 nitrogen and oxygen atoms in total. The molecule has 1 atom stereocenters. The highest BCUT2D eigenvalue weighted by atomic mass is 19.4. The van der Waals surface area contributed by atoms with Crippen LogP contribution in [-0.4, -0.2) is 18.1 Å². The predicted molar refractivity (Wildman–Crippen MR) is 155 cm³/mol. The molecule has 1 unspecified atom stereocenters. The van der Waals surface area contributed by atoms with E-state index in [0.29, 0.717) is 23.5 Å². The molecule has 1 aliphatic carbocycles. The lowest BCUT2D eigenvalue weighted by Gasteiger charge is -2.29. The zero-order valence-corrected chi connectivity index (χ0v) is 22.3. The second-order valence-corrected chi connectivity index (χ2v) is 10.0. The first-order valence-electron chi connectivity index (χ1n) is 13.5. The minimum absolute atomic E-state index is 0.0988. The number of halogens is 3. The number of nitrogens with two attached hydrogens (primary N) is 1. The summed E-state index contributed by atoms with van der Waals surface area (Å²) in [6.45, 7) is 3.36. The molecular formula is C32H35F3N4O. The molecule has 8 heteroatoms. The van der Waals surface area contributed by atoms with E-state index in [0.717, 1.165) is 29.5 Å². The maximum Gasteiger partial charge on any atom is 0.415 e. The van der Waals surface area contributed by atoms with Gasteiger partial charge in [0.25, 0.3) is 5.91 Å². The Labute approximate surface area is 233 Å². The summed E-state index contributed by atoms with van der Waals surface area (Å²) >= 11 is 0. The van der Waals surface area contributed by atoms with Gasteiger partial charge in [-0.15, -0.1) is 0 Å². The Kier molecular flexibility index (Phi) is 9.79. The van der Waals surface area contributed by atoms with Crippen LogP contribution in [-0.2, 0) is 11.3 Å². The van der Waals surface area contributed by atoms with Gasteiger partial charge in [0.2, 0.25) is 0 Å². The van der Waals surface area contributed by atoms with Crippen molar-refractivity contribution in [2.24, 2.45) is 5.73 Å². The van der Waals surface area contributed by atoms with Gasteiger partial charge in [-0.05, 0) is 59.9 Å². The second-order valence-electron chi connectivity index (χ2n) is 10.0. The van der Waals surface area contributed by atoms with Crippen LogP contribution in [0, 0.1) is 0 Å². The van der Waals surface area contributed by atoms with Crippen LogP contribution in [0.3, 0.4) is 0 Å². The molecule has 3 aromatic rings. The van der Waals surface area contributed by atoms with Gasteiger partial charge in [0.15, 0.2) is 0 Å². The van der Waals surface area contributed by atoms with Gasteiger partial charge in [-0.25, -0.2) is 0 Å². The van der Waals surface area contributed by atoms with E-state index >= 15 is 0 Å². The highest BCUT2D eigenvalue weighted by molar-refractivity contribution is 6.06. The molecule has 0 bridgehead atoms. The molecule has 3 aromatic carbocycles. The Morgan fingerprint density at radius 1 is 0.900 bits per heavy atom. The molecule has 40 heavy (non-hydrogen) atoms. The maximum atomic E-state index is 13.3. The normalized spacial score (nSPS) is 15.3. The summed E-state index contributed by atoms with van der Waals surface area (Å²) in [6, 6.07) is 24.6. The van der Waals surface area contributed by atoms with Crippen LogP contribution in [0.1, 0.15) is 54.8 Å². The third-order valence-corrected chi connectivity index (χ3v) is 6.99. The number of amides is 1. The van der Waals surface area contributed by atoms with Crippen molar-refractivity contribution in [2.45, 2.75) is 56.9 Å². The van der Waals surface area contributed by atoms with Crippen molar-refractivity contribution >= 4 is 17.3 Å². The number of anilines is 2. The lowest BCUT2D eigenvalue weighted by molar-refractivity contribution is -0.112. The van der Waals surface area contributed by atoms with Gasteiger partial charge in [0, 0.05) is 24.0 Å². The molecule has 0 saturated heterocycles. The van der Waals surface area contributed by atoms with E-state index in [9.17, 15) is 18.0 Å². The molecule has 0 radical (unpaired) electrons. The topological polar surface area (TPSA) is 79.2 Å². The fraction of sp³-hybridized carbons (Fsp3) is 0.281. The SMILES string of the molecule is C=C(/C=C(\Nc1cccc(CN)c1)C(=O)Nc1cccc(C(NC2CCCCC2)c2ccccc2)c1)C(F)(F)F. The number of rotatable bonds is 10. The lowest BCUT2D eigenvalue weighted by Crippen LogP contribution is -2.35. The molecule has 1 saturated carbocycles. The van der Waals surface area contributed by atoms with Gasteiger partial charge in [-0.1, -0.05) is 80.4 Å². The number of hydrogen-bond acceptors (Lipinski definition) is 4. The summed E-state index contributed by atoms with van der Waals surface area (Å²) in [5.74, 6) is -0.725. The van der Waals surface area contributed by atoms with Gasteiger partial charge in [-0.2, -0.15) is 13.2 Å². The number of alkyl halides is 3. The molecule has 0 spiro atoms. The molecule has 1 aliphatic rings. The Morgan fingerprint density at radius 2 is 1.55 bits per heavy atom. The zero-order valence-electron chi connectivity index (χ0n) is 22.3. The zero-order chi connectivity index (χ0) is 28.5. The minimum atomic E-state index is -4.68. The van der Waals surface area contributed by atoms with Crippen molar-refractivity contribution in [1.82, 2.24) is 5.32 Å². The Morgan fingerprint density at radius 3 is 2.23 bits per heavy atom. The highest BCUT2D eigenvalue weighted by Gasteiger charge is 2.31. The smallest absolute Gasteiger partial charge is 0.351 e. The van der Waals surface area contributed by atoms with Crippen molar-refractivity contribution in [2.75, 3.05) is 10.6 Å². The summed E-state index contributed by atoms with van der Waals surface area (Å²) in [6.07, 6.45) is 1.87. The third-order valence-electron chi connectivity index (χ3n) is 6.99. The fourth-order valence-electron chi connectivity index (χ4n) is 4.88. The quantitative estimate of drug-likeness (QED) is 0.159. The first-order chi connectivity index (χ1) is 19.2. The van der Waals surface area contributed by atoms with Crippen molar-refractivity contribution in [1.29, 1.82) is 0 Å². The van der Waals surface area contributed by atoms with Gasteiger partial charge in [0.05, 0.1) is 11.6 Å². The van der Waals surface area contributed by atoms with Crippen LogP contribution in [0.4, 0.5) is 24.5 Å². The molecule has 5 N–H and O–H groups in total. The van der Waals surface area contributed by atoms with E-state index in [1.54, 1.807) is 30.3 Å². The summed E-state index contributed by atoms with van der Waals surface area (Å²) in [5.41, 5.74) is 7.98. The fourth-order valence-corrected chi connectivity index (χ4v) is 4.88. The number of hydrogen-bond donors (Lipinski definition) is 4. The number of allylic oxidation sites excluding steroid dienone is 2. The van der Waals surface area contributed by atoms with Gasteiger partial charge in [-0.3, -0.25) is 4.79 Å². The predicted octanol–water partition coefficient (Wildman–Crippen LogP) is 7.21. The van der Waals surface area contributed by atoms with Crippen molar-refractivity contribution in [3.8, 4) is 0 Å². The second kappa shape index (κ2) is 13.5. The van der Waals surface area contributed by atoms with Gasteiger partial charge >= 0.3 is 6.18 Å². The summed E-state index contributed by atoms with van der Waals surface area (Å²) in [4.78, 5) is 13.3. The maximum absolute atomic E-state index is 13.3. The molecule has 4 rings (SSSR count). The first kappa shape index (κ1) is 29.1. The molecular weight excluding hydrogens is 513 g/mol. The molecule has 0 aromatic heterocycles. The van der Waals surface area contributed by atoms with Crippen LogP contribution >= 0.6 is 0 Å². The van der Waals surface area contributed by atoms with Crippen molar-refractivity contribution in [3.05, 3.63) is 119 Å². The minimum Gasteiger partial charge on any atom is -0.351 e.